The van der Waals surface area contributed by atoms with E-state index >= 15 is 0 Å². The fourth-order valence-electron chi connectivity index (χ4n) is 2.66. The minimum absolute atomic E-state index is 0.101. The molecule has 0 heterocycles. The van der Waals surface area contributed by atoms with Gasteiger partial charge in [0.05, 0.1) is 18.2 Å². The second kappa shape index (κ2) is 10.0. The van der Waals surface area contributed by atoms with E-state index in [1.807, 2.05) is 0 Å². The van der Waals surface area contributed by atoms with E-state index in [4.69, 9.17) is 0 Å². The molecule has 2 rings (SSSR count). The number of methoxy groups -OCH3 is 1. The summed E-state index contributed by atoms with van der Waals surface area (Å²) in [5, 5.41) is 43.4. The Bertz CT molecular complexity index is 944. The van der Waals surface area contributed by atoms with Crippen molar-refractivity contribution in [2.75, 3.05) is 13.7 Å². The zero-order valence-electron chi connectivity index (χ0n) is 16.1. The Morgan fingerprint density at radius 2 is 1.43 bits per heavy atom. The highest BCUT2D eigenvalue weighted by Gasteiger charge is 2.24. The molecule has 30 heavy (non-hydrogen) atoms. The smallest absolute Gasteiger partial charge is 0.328 e. The van der Waals surface area contributed by atoms with Gasteiger partial charge in [0.1, 0.15) is 6.04 Å². The van der Waals surface area contributed by atoms with E-state index in [-0.39, 0.29) is 30.5 Å². The van der Waals surface area contributed by atoms with Gasteiger partial charge in [-0.15, -0.1) is 0 Å². The fourth-order valence-corrected chi connectivity index (χ4v) is 2.66. The summed E-state index contributed by atoms with van der Waals surface area (Å²) in [4.78, 5) is 36.4. The van der Waals surface area contributed by atoms with Gasteiger partial charge in [-0.05, 0) is 37.1 Å². The van der Waals surface area contributed by atoms with E-state index in [0.29, 0.717) is 0 Å². The molecule has 1 atom stereocenters. The van der Waals surface area contributed by atoms with Gasteiger partial charge in [-0.2, -0.15) is 0 Å². The van der Waals surface area contributed by atoms with Crippen LogP contribution in [0.3, 0.4) is 0 Å². The quantitative estimate of drug-likeness (QED) is 0.210. The highest BCUT2D eigenvalue weighted by Crippen LogP contribution is 2.29. The minimum atomic E-state index is -1.06. The Balaban J connectivity index is 1.94. The lowest BCUT2D eigenvalue weighted by Crippen LogP contribution is -2.42. The van der Waals surface area contributed by atoms with Gasteiger partial charge in [-0.25, -0.2) is 4.79 Å². The minimum Gasteiger partial charge on any atom is -0.504 e. The van der Waals surface area contributed by atoms with Crippen molar-refractivity contribution >= 4 is 17.8 Å². The topological polar surface area (TPSA) is 165 Å². The van der Waals surface area contributed by atoms with Gasteiger partial charge in [-0.1, -0.05) is 12.1 Å². The number of benzene rings is 2. The molecule has 0 aromatic heterocycles. The predicted octanol–water partition coefficient (Wildman–Crippen LogP) is 0.991. The van der Waals surface area contributed by atoms with Crippen molar-refractivity contribution in [1.29, 1.82) is 0 Å². The molecule has 0 spiro atoms. The van der Waals surface area contributed by atoms with Gasteiger partial charge < -0.3 is 35.8 Å². The number of esters is 1. The van der Waals surface area contributed by atoms with Crippen molar-refractivity contribution in [3.05, 3.63) is 47.5 Å². The maximum Gasteiger partial charge on any atom is 0.328 e. The van der Waals surface area contributed by atoms with Crippen LogP contribution < -0.4 is 10.6 Å². The Kier molecular flexibility index (Phi) is 7.45. The van der Waals surface area contributed by atoms with E-state index < -0.39 is 46.8 Å². The predicted molar refractivity (Wildman–Crippen MR) is 104 cm³/mol. The van der Waals surface area contributed by atoms with Crippen LogP contribution in [0.4, 0.5) is 0 Å². The van der Waals surface area contributed by atoms with Crippen LogP contribution in [-0.4, -0.2) is 57.9 Å². The van der Waals surface area contributed by atoms with Gasteiger partial charge in [0.25, 0.3) is 11.8 Å². The molecule has 0 saturated heterocycles. The molecule has 0 saturated carbocycles. The maximum absolute atomic E-state index is 12.3. The zero-order valence-corrected chi connectivity index (χ0v) is 16.1. The third kappa shape index (κ3) is 5.31. The maximum atomic E-state index is 12.3. The highest BCUT2D eigenvalue weighted by atomic mass is 16.5. The lowest BCUT2D eigenvalue weighted by Gasteiger charge is -2.17. The van der Waals surface area contributed by atoms with Crippen molar-refractivity contribution in [3.63, 3.8) is 0 Å². The molecule has 6 N–H and O–H groups in total. The standard InChI is InChI=1S/C20H22N2O8/c1-30-20(29)13(22-19(28)12-6-3-9-15(24)17(12)26)7-4-10-21-18(27)11-5-2-8-14(23)16(11)25/h2-3,5-6,8-9,13,23-26H,4,7,10H2,1H3,(H,21,27)(H,22,28)/t13-/m0/s1. The summed E-state index contributed by atoms with van der Waals surface area (Å²) < 4.78 is 4.67. The average molecular weight is 418 g/mol. The molecule has 0 bridgehead atoms. The van der Waals surface area contributed by atoms with Gasteiger partial charge >= 0.3 is 5.97 Å². The monoisotopic (exact) mass is 418 g/mol. The highest BCUT2D eigenvalue weighted by molar-refractivity contribution is 5.99. The molecule has 2 amide bonds. The number of nitrogens with one attached hydrogen (secondary N) is 2. The summed E-state index contributed by atoms with van der Waals surface area (Å²) in [5.41, 5.74) is -0.316. The van der Waals surface area contributed by atoms with Crippen LogP contribution >= 0.6 is 0 Å². The van der Waals surface area contributed by atoms with Crippen molar-refractivity contribution < 1.29 is 39.5 Å². The number of para-hydroxylation sites is 2. The van der Waals surface area contributed by atoms with Crippen LogP contribution in [0, 0.1) is 0 Å². The number of aromatic hydroxyl groups is 4. The molecular formula is C20H22N2O8. The molecule has 0 aliphatic rings. The number of hydrogen-bond acceptors (Lipinski definition) is 8. The van der Waals surface area contributed by atoms with E-state index in [9.17, 15) is 34.8 Å². The van der Waals surface area contributed by atoms with E-state index in [0.717, 1.165) is 7.11 Å². The third-order valence-corrected chi connectivity index (χ3v) is 4.26. The summed E-state index contributed by atoms with van der Waals surface area (Å²) in [7, 11) is 1.15. The number of carbonyl (C=O) groups is 3. The molecule has 0 aliphatic carbocycles. The molecule has 2 aromatic rings. The first-order valence-corrected chi connectivity index (χ1v) is 8.95. The first-order chi connectivity index (χ1) is 14.3. The number of ether oxygens (including phenoxy) is 1. The molecular weight excluding hydrogens is 396 g/mol. The van der Waals surface area contributed by atoms with Gasteiger partial charge in [-0.3, -0.25) is 9.59 Å². The Hall–Kier alpha value is -3.95. The van der Waals surface area contributed by atoms with Crippen molar-refractivity contribution in [2.24, 2.45) is 0 Å². The number of carbonyl (C=O) groups excluding carboxylic acids is 3. The second-order valence-corrected chi connectivity index (χ2v) is 6.29. The van der Waals surface area contributed by atoms with Crippen molar-refractivity contribution in [2.45, 2.75) is 18.9 Å². The van der Waals surface area contributed by atoms with Gasteiger partial charge in [0, 0.05) is 6.54 Å². The summed E-state index contributed by atoms with van der Waals surface area (Å²) in [6.45, 7) is 0.106. The normalized spacial score (nSPS) is 11.4. The van der Waals surface area contributed by atoms with E-state index in [1.54, 1.807) is 0 Å². The second-order valence-electron chi connectivity index (χ2n) is 6.29. The van der Waals surface area contributed by atoms with Crippen LogP contribution in [-0.2, 0) is 9.53 Å². The first-order valence-electron chi connectivity index (χ1n) is 8.95. The van der Waals surface area contributed by atoms with Crippen LogP contribution in [0.1, 0.15) is 33.6 Å². The van der Waals surface area contributed by atoms with E-state index in [2.05, 4.69) is 15.4 Å². The molecule has 160 valence electrons. The molecule has 0 radical (unpaired) electrons. The van der Waals surface area contributed by atoms with Crippen molar-refractivity contribution in [1.82, 2.24) is 10.6 Å². The van der Waals surface area contributed by atoms with Crippen LogP contribution in [0.2, 0.25) is 0 Å². The summed E-state index contributed by atoms with van der Waals surface area (Å²) in [5.74, 6) is -4.18. The number of hydrogen-bond donors (Lipinski definition) is 6. The molecule has 0 unspecified atom stereocenters. The third-order valence-electron chi connectivity index (χ3n) is 4.26. The molecule has 10 heteroatoms. The number of amides is 2. The fraction of sp³-hybridized carbons (Fsp3) is 0.250. The first kappa shape index (κ1) is 22.3. The van der Waals surface area contributed by atoms with Crippen LogP contribution in [0.5, 0.6) is 23.0 Å². The Morgan fingerprint density at radius 3 is 1.97 bits per heavy atom. The molecule has 10 nitrogen and oxygen atoms in total. The Labute approximate surface area is 171 Å². The van der Waals surface area contributed by atoms with Crippen molar-refractivity contribution in [3.8, 4) is 23.0 Å². The summed E-state index contributed by atoms with van der Waals surface area (Å²) >= 11 is 0. The zero-order chi connectivity index (χ0) is 22.3. The molecule has 0 fully saturated rings. The number of phenols is 4. The summed E-state index contributed by atoms with van der Waals surface area (Å²) in [6, 6.07) is 6.77. The molecule has 2 aromatic carbocycles. The van der Waals surface area contributed by atoms with Crippen LogP contribution in [0.15, 0.2) is 36.4 Å². The lowest BCUT2D eigenvalue weighted by molar-refractivity contribution is -0.143. The largest absolute Gasteiger partial charge is 0.504 e. The van der Waals surface area contributed by atoms with E-state index in [1.165, 1.54) is 36.4 Å². The van der Waals surface area contributed by atoms with Gasteiger partial charge in [0.15, 0.2) is 23.0 Å². The lowest BCUT2D eigenvalue weighted by atomic mass is 10.1. The summed E-state index contributed by atoms with van der Waals surface area (Å²) in [6.07, 6.45) is 0.363. The number of rotatable bonds is 8. The average Bonchev–Trinajstić information content (AvgIpc) is 2.73. The SMILES string of the molecule is COC(=O)[C@H](CCCNC(=O)c1cccc(O)c1O)NC(=O)c1cccc(O)c1O. The van der Waals surface area contributed by atoms with Crippen LogP contribution in [0.25, 0.3) is 0 Å². The Morgan fingerprint density at radius 1 is 0.900 bits per heavy atom. The molecule has 0 aliphatic heterocycles. The van der Waals surface area contributed by atoms with Gasteiger partial charge in [0.2, 0.25) is 0 Å². The number of phenolic OH excluding ortho intramolecular Hbond substituents is 4.